The number of hydrogen-bond acceptors (Lipinski definition) is 3. The van der Waals surface area contributed by atoms with Crippen LogP contribution in [0.2, 0.25) is 0 Å². The Morgan fingerprint density at radius 1 is 1.44 bits per heavy atom. The Labute approximate surface area is 97.2 Å². The highest BCUT2D eigenvalue weighted by atomic mass is 16.4. The van der Waals surface area contributed by atoms with Gasteiger partial charge in [-0.1, -0.05) is 0 Å². The van der Waals surface area contributed by atoms with E-state index in [1.54, 1.807) is 0 Å². The van der Waals surface area contributed by atoms with E-state index in [9.17, 15) is 4.79 Å². The third-order valence-electron chi connectivity index (χ3n) is 3.78. The van der Waals surface area contributed by atoms with Crippen molar-refractivity contribution in [1.82, 2.24) is 9.80 Å². The van der Waals surface area contributed by atoms with Crippen molar-refractivity contribution in [3.63, 3.8) is 0 Å². The molecule has 2 fully saturated rings. The van der Waals surface area contributed by atoms with Gasteiger partial charge < -0.3 is 10.0 Å². The molecule has 92 valence electrons. The summed E-state index contributed by atoms with van der Waals surface area (Å²) in [6.45, 7) is 3.34. The third kappa shape index (κ3) is 3.19. The molecule has 0 aromatic heterocycles. The van der Waals surface area contributed by atoms with Crippen molar-refractivity contribution in [2.75, 3.05) is 26.7 Å². The van der Waals surface area contributed by atoms with Gasteiger partial charge in [0.1, 0.15) is 0 Å². The molecule has 2 aliphatic rings. The number of nitrogens with zero attached hydrogens (tertiary/aromatic N) is 2. The van der Waals surface area contributed by atoms with E-state index in [1.165, 1.54) is 32.4 Å². The van der Waals surface area contributed by atoms with Crippen LogP contribution in [0.5, 0.6) is 0 Å². The minimum Gasteiger partial charge on any atom is -0.481 e. The van der Waals surface area contributed by atoms with E-state index in [0.717, 1.165) is 19.0 Å². The van der Waals surface area contributed by atoms with Crippen molar-refractivity contribution in [3.8, 4) is 0 Å². The zero-order valence-electron chi connectivity index (χ0n) is 10.1. The van der Waals surface area contributed by atoms with Crippen molar-refractivity contribution in [1.29, 1.82) is 0 Å². The summed E-state index contributed by atoms with van der Waals surface area (Å²) in [6, 6.07) is 1.52. The molecule has 1 saturated carbocycles. The molecule has 0 aromatic carbocycles. The van der Waals surface area contributed by atoms with Gasteiger partial charge in [-0.25, -0.2) is 0 Å². The second-order valence-corrected chi connectivity index (χ2v) is 5.15. The fraction of sp³-hybridized carbons (Fsp3) is 0.917. The first-order valence-electron chi connectivity index (χ1n) is 6.33. The van der Waals surface area contributed by atoms with Gasteiger partial charge >= 0.3 is 5.97 Å². The standard InChI is InChI=1S/C12H22N2O2/c1-13(7-2-3-12(15)16)11-6-8-14(9-11)10-4-5-10/h10-11H,2-9H2,1H3,(H,15,16). The van der Waals surface area contributed by atoms with E-state index >= 15 is 0 Å². The van der Waals surface area contributed by atoms with Gasteiger partial charge in [-0.15, -0.1) is 0 Å². The average molecular weight is 226 g/mol. The van der Waals surface area contributed by atoms with Crippen LogP contribution < -0.4 is 0 Å². The summed E-state index contributed by atoms with van der Waals surface area (Å²) in [7, 11) is 2.13. The fourth-order valence-corrected chi connectivity index (χ4v) is 2.56. The predicted molar refractivity (Wildman–Crippen MR) is 62.5 cm³/mol. The molecule has 4 heteroatoms. The maximum absolute atomic E-state index is 10.4. The summed E-state index contributed by atoms with van der Waals surface area (Å²) >= 11 is 0. The molecule has 1 unspecified atom stereocenters. The molecule has 1 aliphatic carbocycles. The molecule has 0 radical (unpaired) electrons. The SMILES string of the molecule is CN(CCCC(=O)O)C1CCN(C2CC2)C1. The first-order chi connectivity index (χ1) is 7.66. The molecular weight excluding hydrogens is 204 g/mol. The zero-order chi connectivity index (χ0) is 11.5. The van der Waals surface area contributed by atoms with Crippen molar-refractivity contribution in [3.05, 3.63) is 0 Å². The smallest absolute Gasteiger partial charge is 0.303 e. The molecule has 0 spiro atoms. The van der Waals surface area contributed by atoms with Crippen molar-refractivity contribution in [2.45, 2.75) is 44.2 Å². The van der Waals surface area contributed by atoms with Crippen LogP contribution >= 0.6 is 0 Å². The molecule has 0 amide bonds. The highest BCUT2D eigenvalue weighted by Gasteiger charge is 2.35. The van der Waals surface area contributed by atoms with Crippen molar-refractivity contribution >= 4 is 5.97 Å². The normalized spacial score (nSPS) is 26.5. The molecule has 0 aromatic rings. The molecule has 1 saturated heterocycles. The quantitative estimate of drug-likeness (QED) is 0.734. The predicted octanol–water partition coefficient (Wildman–Crippen LogP) is 1.02. The molecule has 1 aliphatic heterocycles. The van der Waals surface area contributed by atoms with Crippen molar-refractivity contribution < 1.29 is 9.90 Å². The largest absolute Gasteiger partial charge is 0.481 e. The van der Waals surface area contributed by atoms with Gasteiger partial charge in [0.15, 0.2) is 0 Å². The summed E-state index contributed by atoms with van der Waals surface area (Å²) in [5.41, 5.74) is 0. The highest BCUT2D eigenvalue weighted by Crippen LogP contribution is 2.30. The Kier molecular flexibility index (Phi) is 3.82. The van der Waals surface area contributed by atoms with Crippen molar-refractivity contribution in [2.24, 2.45) is 0 Å². The molecule has 1 N–H and O–H groups in total. The third-order valence-corrected chi connectivity index (χ3v) is 3.78. The Hall–Kier alpha value is -0.610. The van der Waals surface area contributed by atoms with Crippen LogP contribution in [0.4, 0.5) is 0 Å². The monoisotopic (exact) mass is 226 g/mol. The topological polar surface area (TPSA) is 43.8 Å². The number of likely N-dealkylation sites (N-methyl/N-ethyl adjacent to an activating group) is 1. The summed E-state index contributed by atoms with van der Waals surface area (Å²) < 4.78 is 0. The number of hydrogen-bond donors (Lipinski definition) is 1. The molecule has 4 nitrogen and oxygen atoms in total. The van der Waals surface area contributed by atoms with Crippen LogP contribution in [0.25, 0.3) is 0 Å². The first-order valence-corrected chi connectivity index (χ1v) is 6.33. The molecule has 1 heterocycles. The lowest BCUT2D eigenvalue weighted by Gasteiger charge is -2.24. The lowest BCUT2D eigenvalue weighted by molar-refractivity contribution is -0.137. The average Bonchev–Trinajstić information content (AvgIpc) is 2.96. The maximum Gasteiger partial charge on any atom is 0.303 e. The van der Waals surface area contributed by atoms with Gasteiger partial charge in [0.25, 0.3) is 0 Å². The molecular formula is C12H22N2O2. The van der Waals surface area contributed by atoms with Crippen LogP contribution in [0.3, 0.4) is 0 Å². The second kappa shape index (κ2) is 5.15. The second-order valence-electron chi connectivity index (χ2n) is 5.15. The van der Waals surface area contributed by atoms with Crippen LogP contribution in [0.1, 0.15) is 32.1 Å². The number of likely N-dealkylation sites (tertiary alicyclic amines) is 1. The molecule has 2 rings (SSSR count). The summed E-state index contributed by atoms with van der Waals surface area (Å²) in [5, 5.41) is 8.59. The fourth-order valence-electron chi connectivity index (χ4n) is 2.56. The van der Waals surface area contributed by atoms with E-state index in [0.29, 0.717) is 12.5 Å². The molecule has 16 heavy (non-hydrogen) atoms. The minimum atomic E-state index is -0.681. The Morgan fingerprint density at radius 3 is 2.81 bits per heavy atom. The van der Waals surface area contributed by atoms with Gasteiger partial charge in [0, 0.05) is 31.6 Å². The van der Waals surface area contributed by atoms with Gasteiger partial charge in [0.05, 0.1) is 0 Å². The molecule has 0 bridgehead atoms. The van der Waals surface area contributed by atoms with E-state index in [2.05, 4.69) is 16.8 Å². The number of carboxylic acid groups (broad SMARTS) is 1. The van der Waals surface area contributed by atoms with E-state index < -0.39 is 5.97 Å². The first kappa shape index (κ1) is 11.9. The van der Waals surface area contributed by atoms with Gasteiger partial charge in [-0.05, 0) is 39.3 Å². The number of carbonyl (C=O) groups is 1. The van der Waals surface area contributed by atoms with Crippen LogP contribution in [-0.4, -0.2) is 59.6 Å². The summed E-state index contributed by atoms with van der Waals surface area (Å²) in [4.78, 5) is 15.4. The molecule has 1 atom stereocenters. The number of rotatable bonds is 6. The van der Waals surface area contributed by atoms with Gasteiger partial charge in [-0.2, -0.15) is 0 Å². The van der Waals surface area contributed by atoms with Crippen LogP contribution in [0.15, 0.2) is 0 Å². The Morgan fingerprint density at radius 2 is 2.19 bits per heavy atom. The Bertz CT molecular complexity index is 253. The van der Waals surface area contributed by atoms with Gasteiger partial charge in [0.2, 0.25) is 0 Å². The summed E-state index contributed by atoms with van der Waals surface area (Å²) in [5.74, 6) is -0.681. The lowest BCUT2D eigenvalue weighted by atomic mass is 10.2. The van der Waals surface area contributed by atoms with E-state index in [1.807, 2.05) is 0 Å². The van der Waals surface area contributed by atoms with Crippen LogP contribution in [-0.2, 0) is 4.79 Å². The van der Waals surface area contributed by atoms with Crippen LogP contribution in [0, 0.1) is 0 Å². The lowest BCUT2D eigenvalue weighted by Crippen LogP contribution is -2.35. The Balaban J connectivity index is 1.65. The zero-order valence-corrected chi connectivity index (χ0v) is 10.1. The maximum atomic E-state index is 10.4. The van der Waals surface area contributed by atoms with E-state index in [4.69, 9.17) is 5.11 Å². The highest BCUT2D eigenvalue weighted by molar-refractivity contribution is 5.66. The van der Waals surface area contributed by atoms with Gasteiger partial charge in [-0.3, -0.25) is 9.69 Å². The minimum absolute atomic E-state index is 0.295. The number of carboxylic acids is 1. The van der Waals surface area contributed by atoms with E-state index in [-0.39, 0.29) is 0 Å². The number of aliphatic carboxylic acids is 1. The summed E-state index contributed by atoms with van der Waals surface area (Å²) in [6.07, 6.45) is 5.08.